The van der Waals surface area contributed by atoms with Gasteiger partial charge in [0.2, 0.25) is 0 Å². The fourth-order valence-electron chi connectivity index (χ4n) is 1.48. The Bertz CT molecular complexity index is 312. The zero-order chi connectivity index (χ0) is 11.3. The number of benzene rings is 1. The van der Waals surface area contributed by atoms with Crippen LogP contribution in [0.15, 0.2) is 18.2 Å². The maximum atomic E-state index is 13.1. The second-order valence-electron chi connectivity index (χ2n) is 3.67. The van der Waals surface area contributed by atoms with Crippen LogP contribution in [0.2, 0.25) is 0 Å². The van der Waals surface area contributed by atoms with Gasteiger partial charge in [0.05, 0.1) is 12.7 Å². The van der Waals surface area contributed by atoms with Crippen LogP contribution in [0.4, 0.5) is 4.39 Å². The molecule has 0 bridgehead atoms. The summed E-state index contributed by atoms with van der Waals surface area (Å²) in [4.78, 5) is 0. The van der Waals surface area contributed by atoms with E-state index in [4.69, 9.17) is 9.84 Å². The van der Waals surface area contributed by atoms with Crippen LogP contribution < -0.4 is 4.74 Å². The van der Waals surface area contributed by atoms with Crippen LogP contribution in [-0.4, -0.2) is 11.2 Å². The Kier molecular flexibility index (Phi) is 4.56. The first kappa shape index (κ1) is 12.0. The Labute approximate surface area is 89.7 Å². The SMILES string of the molecule is CCCC(C)Oc1cc(F)cc(CO)c1. The monoisotopic (exact) mass is 212 g/mol. The number of hydrogen-bond donors (Lipinski definition) is 1. The van der Waals surface area contributed by atoms with Crippen LogP contribution in [0.5, 0.6) is 5.75 Å². The molecular weight excluding hydrogens is 195 g/mol. The lowest BCUT2D eigenvalue weighted by Gasteiger charge is -2.14. The fraction of sp³-hybridized carbons (Fsp3) is 0.500. The highest BCUT2D eigenvalue weighted by molar-refractivity contribution is 5.29. The minimum absolute atomic E-state index is 0.0725. The molecule has 0 spiro atoms. The van der Waals surface area contributed by atoms with E-state index >= 15 is 0 Å². The van der Waals surface area contributed by atoms with Gasteiger partial charge in [0, 0.05) is 6.07 Å². The highest BCUT2D eigenvalue weighted by Gasteiger charge is 2.05. The summed E-state index contributed by atoms with van der Waals surface area (Å²) >= 11 is 0. The molecule has 0 aromatic heterocycles. The first-order valence-electron chi connectivity index (χ1n) is 5.22. The van der Waals surface area contributed by atoms with Crippen molar-refractivity contribution in [3.8, 4) is 5.75 Å². The van der Waals surface area contributed by atoms with Crippen LogP contribution in [0.3, 0.4) is 0 Å². The van der Waals surface area contributed by atoms with Crippen molar-refractivity contribution in [3.63, 3.8) is 0 Å². The van der Waals surface area contributed by atoms with E-state index in [1.807, 2.05) is 6.92 Å². The molecule has 15 heavy (non-hydrogen) atoms. The van der Waals surface area contributed by atoms with Gasteiger partial charge in [0.15, 0.2) is 0 Å². The summed E-state index contributed by atoms with van der Waals surface area (Å²) in [6, 6.07) is 4.30. The summed E-state index contributed by atoms with van der Waals surface area (Å²) in [6.07, 6.45) is 2.04. The minimum Gasteiger partial charge on any atom is -0.491 e. The molecule has 0 saturated heterocycles. The number of aliphatic hydroxyl groups is 1. The van der Waals surface area contributed by atoms with E-state index < -0.39 is 0 Å². The summed E-state index contributed by atoms with van der Waals surface area (Å²) in [5.41, 5.74) is 0.536. The van der Waals surface area contributed by atoms with Gasteiger partial charge in [-0.05, 0) is 31.0 Å². The van der Waals surface area contributed by atoms with E-state index in [0.717, 1.165) is 12.8 Å². The van der Waals surface area contributed by atoms with Gasteiger partial charge in [-0.15, -0.1) is 0 Å². The third kappa shape index (κ3) is 3.88. The van der Waals surface area contributed by atoms with E-state index in [9.17, 15) is 4.39 Å². The van der Waals surface area contributed by atoms with Crippen molar-refractivity contribution in [1.82, 2.24) is 0 Å². The highest BCUT2D eigenvalue weighted by atomic mass is 19.1. The van der Waals surface area contributed by atoms with Gasteiger partial charge in [0.25, 0.3) is 0 Å². The first-order chi connectivity index (χ1) is 7.15. The molecule has 3 heteroatoms. The Morgan fingerprint density at radius 1 is 1.40 bits per heavy atom. The molecule has 1 unspecified atom stereocenters. The van der Waals surface area contributed by atoms with E-state index in [2.05, 4.69) is 6.92 Å². The maximum absolute atomic E-state index is 13.1. The maximum Gasteiger partial charge on any atom is 0.127 e. The average molecular weight is 212 g/mol. The van der Waals surface area contributed by atoms with Crippen molar-refractivity contribution in [1.29, 1.82) is 0 Å². The number of hydrogen-bond acceptors (Lipinski definition) is 2. The molecule has 0 aliphatic heterocycles. The molecule has 0 aliphatic carbocycles. The van der Waals surface area contributed by atoms with Gasteiger partial charge < -0.3 is 9.84 Å². The molecule has 0 amide bonds. The van der Waals surface area contributed by atoms with Gasteiger partial charge in [-0.1, -0.05) is 13.3 Å². The quantitative estimate of drug-likeness (QED) is 0.813. The average Bonchev–Trinajstić information content (AvgIpc) is 2.17. The minimum atomic E-state index is -0.375. The van der Waals surface area contributed by atoms with Crippen molar-refractivity contribution >= 4 is 0 Å². The Morgan fingerprint density at radius 2 is 2.13 bits per heavy atom. The molecule has 0 saturated carbocycles. The van der Waals surface area contributed by atoms with Crippen LogP contribution in [-0.2, 0) is 6.61 Å². The van der Waals surface area contributed by atoms with Crippen molar-refractivity contribution in [2.75, 3.05) is 0 Å². The zero-order valence-corrected chi connectivity index (χ0v) is 9.16. The molecule has 84 valence electrons. The van der Waals surface area contributed by atoms with E-state index in [1.54, 1.807) is 6.07 Å². The summed E-state index contributed by atoms with van der Waals surface area (Å²) in [6.45, 7) is 3.86. The Morgan fingerprint density at radius 3 is 2.73 bits per heavy atom. The summed E-state index contributed by atoms with van der Waals surface area (Å²) < 4.78 is 18.6. The lowest BCUT2D eigenvalue weighted by atomic mass is 10.2. The Hall–Kier alpha value is -1.09. The van der Waals surface area contributed by atoms with Gasteiger partial charge in [-0.25, -0.2) is 4.39 Å². The van der Waals surface area contributed by atoms with Crippen LogP contribution in [0.1, 0.15) is 32.3 Å². The third-order valence-corrected chi connectivity index (χ3v) is 2.15. The Balaban J connectivity index is 2.71. The van der Waals surface area contributed by atoms with Crippen LogP contribution in [0.25, 0.3) is 0 Å². The largest absolute Gasteiger partial charge is 0.491 e. The van der Waals surface area contributed by atoms with Crippen LogP contribution >= 0.6 is 0 Å². The number of ether oxygens (including phenoxy) is 1. The smallest absolute Gasteiger partial charge is 0.127 e. The lowest BCUT2D eigenvalue weighted by molar-refractivity contribution is 0.208. The molecule has 1 rings (SSSR count). The number of rotatable bonds is 5. The molecule has 1 aromatic carbocycles. The molecule has 2 nitrogen and oxygen atoms in total. The predicted molar refractivity (Wildman–Crippen MR) is 57.3 cm³/mol. The summed E-state index contributed by atoms with van der Waals surface area (Å²) in [7, 11) is 0. The van der Waals surface area contributed by atoms with Crippen molar-refractivity contribution in [2.45, 2.75) is 39.4 Å². The lowest BCUT2D eigenvalue weighted by Crippen LogP contribution is -2.11. The van der Waals surface area contributed by atoms with Crippen molar-refractivity contribution < 1.29 is 14.2 Å². The second-order valence-corrected chi connectivity index (χ2v) is 3.67. The topological polar surface area (TPSA) is 29.5 Å². The van der Waals surface area contributed by atoms with Crippen LogP contribution in [0, 0.1) is 5.82 Å². The fourth-order valence-corrected chi connectivity index (χ4v) is 1.48. The molecule has 0 heterocycles. The van der Waals surface area contributed by atoms with Crippen molar-refractivity contribution in [3.05, 3.63) is 29.6 Å². The number of aliphatic hydroxyl groups excluding tert-OH is 1. The molecule has 0 fully saturated rings. The molecule has 0 aliphatic rings. The molecule has 1 atom stereocenters. The van der Waals surface area contributed by atoms with E-state index in [0.29, 0.717) is 11.3 Å². The third-order valence-electron chi connectivity index (χ3n) is 2.15. The molecule has 1 aromatic rings. The van der Waals surface area contributed by atoms with Gasteiger partial charge in [0.1, 0.15) is 11.6 Å². The molecule has 1 N–H and O–H groups in total. The normalized spacial score (nSPS) is 12.5. The van der Waals surface area contributed by atoms with Crippen molar-refractivity contribution in [2.24, 2.45) is 0 Å². The van der Waals surface area contributed by atoms with E-state index in [1.165, 1.54) is 12.1 Å². The predicted octanol–water partition coefficient (Wildman–Crippen LogP) is 2.89. The zero-order valence-electron chi connectivity index (χ0n) is 9.16. The van der Waals surface area contributed by atoms with Gasteiger partial charge in [-0.3, -0.25) is 0 Å². The highest BCUT2D eigenvalue weighted by Crippen LogP contribution is 2.18. The number of halogens is 1. The van der Waals surface area contributed by atoms with E-state index in [-0.39, 0.29) is 18.5 Å². The summed E-state index contributed by atoms with van der Waals surface area (Å²) in [5, 5.41) is 8.90. The standard InChI is InChI=1S/C12H17FO2/c1-3-4-9(2)15-12-6-10(8-14)5-11(13)7-12/h5-7,9,14H,3-4,8H2,1-2H3. The first-order valence-corrected chi connectivity index (χ1v) is 5.22. The molecular formula is C12H17FO2. The second kappa shape index (κ2) is 5.71. The van der Waals surface area contributed by atoms with Gasteiger partial charge >= 0.3 is 0 Å². The summed E-state index contributed by atoms with van der Waals surface area (Å²) in [5.74, 6) is 0.111. The molecule has 0 radical (unpaired) electrons. The van der Waals surface area contributed by atoms with Gasteiger partial charge in [-0.2, -0.15) is 0 Å².